The van der Waals surface area contributed by atoms with E-state index >= 15 is 0 Å². The van der Waals surface area contributed by atoms with E-state index in [0.717, 1.165) is 11.3 Å². The van der Waals surface area contributed by atoms with Gasteiger partial charge in [0.1, 0.15) is 11.5 Å². The van der Waals surface area contributed by atoms with Crippen LogP contribution in [0.25, 0.3) is 0 Å². The maximum absolute atomic E-state index is 13.4. The minimum atomic E-state index is -0.313. The van der Waals surface area contributed by atoms with E-state index < -0.39 is 0 Å². The van der Waals surface area contributed by atoms with Crippen LogP contribution in [-0.4, -0.2) is 46.5 Å². The van der Waals surface area contributed by atoms with Gasteiger partial charge in [-0.05, 0) is 29.8 Å². The lowest BCUT2D eigenvalue weighted by molar-refractivity contribution is 0.0924. The van der Waals surface area contributed by atoms with Gasteiger partial charge in [-0.25, -0.2) is 0 Å². The van der Waals surface area contributed by atoms with Crippen molar-refractivity contribution < 1.29 is 23.7 Å². The highest BCUT2D eigenvalue weighted by molar-refractivity contribution is 7.99. The number of ether oxygens (including phenoxy) is 4. The highest BCUT2D eigenvalue weighted by Crippen LogP contribution is 2.41. The Bertz CT molecular complexity index is 827. The van der Waals surface area contributed by atoms with Crippen LogP contribution >= 0.6 is 11.8 Å². The molecule has 0 saturated heterocycles. The van der Waals surface area contributed by atoms with Crippen molar-refractivity contribution in [2.45, 2.75) is 12.2 Å². The van der Waals surface area contributed by atoms with Crippen LogP contribution < -0.4 is 24.7 Å². The van der Waals surface area contributed by atoms with Crippen molar-refractivity contribution in [3.63, 3.8) is 0 Å². The maximum atomic E-state index is 13.4. The van der Waals surface area contributed by atoms with E-state index in [-0.39, 0.29) is 17.0 Å². The molecule has 2 aromatic carbocycles. The summed E-state index contributed by atoms with van der Waals surface area (Å²) in [5.74, 6) is 2.83. The van der Waals surface area contributed by atoms with Crippen molar-refractivity contribution in [2.75, 3.05) is 40.7 Å². The maximum Gasteiger partial charge on any atom is 0.170 e. The van der Waals surface area contributed by atoms with E-state index in [2.05, 4.69) is 0 Å². The Morgan fingerprint density at radius 2 is 1.62 bits per heavy atom. The van der Waals surface area contributed by atoms with Gasteiger partial charge in [-0.2, -0.15) is 11.8 Å². The summed E-state index contributed by atoms with van der Waals surface area (Å²) < 4.78 is 21.4. The number of carbonyl (C=O) groups is 1. The SMILES string of the molecule is COc1ccc(C(=O)C(C)C(SCCN)c2ccc(OC)c(OC)c2)c(OC)c1. The van der Waals surface area contributed by atoms with Gasteiger partial charge in [0.05, 0.1) is 34.0 Å². The van der Waals surface area contributed by atoms with Gasteiger partial charge in [-0.3, -0.25) is 4.79 Å². The molecule has 0 aromatic heterocycles. The van der Waals surface area contributed by atoms with Gasteiger partial charge in [-0.1, -0.05) is 13.0 Å². The molecular formula is C22H29NO5S. The molecule has 0 radical (unpaired) electrons. The highest BCUT2D eigenvalue weighted by Gasteiger charge is 2.29. The number of benzene rings is 2. The van der Waals surface area contributed by atoms with Crippen LogP contribution in [0.4, 0.5) is 0 Å². The second kappa shape index (κ2) is 11.0. The van der Waals surface area contributed by atoms with Crippen LogP contribution in [0.5, 0.6) is 23.0 Å². The highest BCUT2D eigenvalue weighted by atomic mass is 32.2. The van der Waals surface area contributed by atoms with Crippen LogP contribution in [0.15, 0.2) is 36.4 Å². The molecule has 0 aliphatic carbocycles. The quantitative estimate of drug-likeness (QED) is 0.552. The van der Waals surface area contributed by atoms with Gasteiger partial charge < -0.3 is 24.7 Å². The van der Waals surface area contributed by atoms with Crippen molar-refractivity contribution in [2.24, 2.45) is 11.7 Å². The topological polar surface area (TPSA) is 80.0 Å². The number of thioether (sulfide) groups is 1. The first-order valence-corrected chi connectivity index (χ1v) is 10.3. The molecule has 0 bridgehead atoms. The molecular weight excluding hydrogens is 390 g/mol. The average molecular weight is 420 g/mol. The number of methoxy groups -OCH3 is 4. The first-order chi connectivity index (χ1) is 14.0. The first kappa shape index (κ1) is 22.9. The van der Waals surface area contributed by atoms with Crippen LogP contribution in [-0.2, 0) is 0 Å². The van der Waals surface area contributed by atoms with E-state index in [9.17, 15) is 4.79 Å². The molecule has 0 heterocycles. The van der Waals surface area contributed by atoms with Crippen molar-refractivity contribution in [1.29, 1.82) is 0 Å². The molecule has 0 amide bonds. The third-order valence-electron chi connectivity index (χ3n) is 4.69. The molecule has 0 spiro atoms. The summed E-state index contributed by atoms with van der Waals surface area (Å²) >= 11 is 1.65. The van der Waals surface area contributed by atoms with E-state index in [1.54, 1.807) is 58.4 Å². The number of ketones is 1. The fourth-order valence-electron chi connectivity index (χ4n) is 3.14. The Labute approximate surface area is 176 Å². The Morgan fingerprint density at radius 3 is 2.21 bits per heavy atom. The third kappa shape index (κ3) is 5.36. The zero-order chi connectivity index (χ0) is 21.4. The fraction of sp³-hybridized carbons (Fsp3) is 0.409. The minimum absolute atomic E-state index is 0.00573. The third-order valence-corrected chi connectivity index (χ3v) is 6.20. The lowest BCUT2D eigenvalue weighted by atomic mass is 9.91. The minimum Gasteiger partial charge on any atom is -0.497 e. The van der Waals surface area contributed by atoms with Crippen molar-refractivity contribution >= 4 is 17.5 Å². The molecule has 0 aliphatic heterocycles. The summed E-state index contributed by atoms with van der Waals surface area (Å²) in [7, 11) is 6.32. The molecule has 2 atom stereocenters. The number of nitrogens with two attached hydrogens (primary N) is 1. The van der Waals surface area contributed by atoms with E-state index in [0.29, 0.717) is 35.1 Å². The number of hydrogen-bond donors (Lipinski definition) is 1. The molecule has 2 N–H and O–H groups in total. The van der Waals surface area contributed by atoms with E-state index in [4.69, 9.17) is 24.7 Å². The molecule has 0 aliphatic rings. The van der Waals surface area contributed by atoms with Crippen LogP contribution in [0.1, 0.15) is 28.1 Å². The number of hydrogen-bond acceptors (Lipinski definition) is 7. The summed E-state index contributed by atoms with van der Waals surface area (Å²) in [6, 6.07) is 11.0. The van der Waals surface area contributed by atoms with Gasteiger partial charge in [-0.15, -0.1) is 0 Å². The Kier molecular flexibility index (Phi) is 8.67. The molecule has 0 fully saturated rings. The van der Waals surface area contributed by atoms with Gasteiger partial charge in [0.15, 0.2) is 17.3 Å². The van der Waals surface area contributed by atoms with Crippen molar-refractivity contribution in [1.82, 2.24) is 0 Å². The molecule has 2 aromatic rings. The summed E-state index contributed by atoms with van der Waals surface area (Å²) in [4.78, 5) is 13.4. The first-order valence-electron chi connectivity index (χ1n) is 9.30. The zero-order valence-electron chi connectivity index (χ0n) is 17.6. The molecule has 2 unspecified atom stereocenters. The summed E-state index contributed by atoms with van der Waals surface area (Å²) in [5.41, 5.74) is 7.25. The van der Waals surface area contributed by atoms with Crippen molar-refractivity contribution in [3.05, 3.63) is 47.5 Å². The number of Topliss-reactive ketones (excluding diaryl/α,β-unsaturated/α-hetero) is 1. The summed E-state index contributed by atoms with van der Waals surface area (Å²) in [6.45, 7) is 2.46. The van der Waals surface area contributed by atoms with Crippen LogP contribution in [0.2, 0.25) is 0 Å². The van der Waals surface area contributed by atoms with Gasteiger partial charge in [0.25, 0.3) is 0 Å². The average Bonchev–Trinajstić information content (AvgIpc) is 2.77. The smallest absolute Gasteiger partial charge is 0.170 e. The predicted molar refractivity (Wildman–Crippen MR) is 117 cm³/mol. The van der Waals surface area contributed by atoms with Gasteiger partial charge in [0.2, 0.25) is 0 Å². The Hall–Kier alpha value is -2.38. The van der Waals surface area contributed by atoms with Gasteiger partial charge >= 0.3 is 0 Å². The lowest BCUT2D eigenvalue weighted by Crippen LogP contribution is -2.20. The molecule has 29 heavy (non-hydrogen) atoms. The Morgan fingerprint density at radius 1 is 0.931 bits per heavy atom. The van der Waals surface area contributed by atoms with Gasteiger partial charge in [0, 0.05) is 29.5 Å². The molecule has 158 valence electrons. The number of rotatable bonds is 11. The van der Waals surface area contributed by atoms with Crippen molar-refractivity contribution in [3.8, 4) is 23.0 Å². The van der Waals surface area contributed by atoms with E-state index in [1.807, 2.05) is 25.1 Å². The second-order valence-electron chi connectivity index (χ2n) is 6.41. The van der Waals surface area contributed by atoms with Crippen LogP contribution in [0, 0.1) is 5.92 Å². The molecule has 6 nitrogen and oxygen atoms in total. The zero-order valence-corrected chi connectivity index (χ0v) is 18.4. The van der Waals surface area contributed by atoms with E-state index in [1.165, 1.54) is 0 Å². The molecule has 7 heteroatoms. The fourth-order valence-corrected chi connectivity index (χ4v) is 4.28. The molecule has 0 saturated carbocycles. The largest absolute Gasteiger partial charge is 0.497 e. The Balaban J connectivity index is 2.41. The predicted octanol–water partition coefficient (Wildman–Crippen LogP) is 3.97. The monoisotopic (exact) mass is 419 g/mol. The lowest BCUT2D eigenvalue weighted by Gasteiger charge is -2.24. The standard InChI is InChI=1S/C22H29NO5S/c1-14(21(24)17-8-7-16(25-2)13-19(17)27-4)22(29-11-10-23)15-6-9-18(26-3)20(12-15)28-5/h6-9,12-14,22H,10-11,23H2,1-5H3. The number of carbonyl (C=O) groups excluding carboxylic acids is 1. The summed E-state index contributed by atoms with van der Waals surface area (Å²) in [6.07, 6.45) is 0. The van der Waals surface area contributed by atoms with Crippen LogP contribution in [0.3, 0.4) is 0 Å². The summed E-state index contributed by atoms with van der Waals surface area (Å²) in [5, 5.41) is -0.0994. The second-order valence-corrected chi connectivity index (χ2v) is 7.66. The normalized spacial score (nSPS) is 12.8. The molecule has 2 rings (SSSR count).